The highest BCUT2D eigenvalue weighted by Crippen LogP contribution is 2.29. The minimum absolute atomic E-state index is 0.00906. The lowest BCUT2D eigenvalue weighted by Gasteiger charge is -2.16. The maximum atomic E-state index is 14.3. The van der Waals surface area contributed by atoms with Crippen molar-refractivity contribution in [2.45, 2.75) is 11.8 Å². The number of sulfone groups is 1. The van der Waals surface area contributed by atoms with Gasteiger partial charge in [0.05, 0.1) is 27.0 Å². The van der Waals surface area contributed by atoms with E-state index in [0.29, 0.717) is 17.5 Å². The van der Waals surface area contributed by atoms with Gasteiger partial charge in [0, 0.05) is 17.4 Å². The number of hydrogen-bond acceptors (Lipinski definition) is 8. The summed E-state index contributed by atoms with van der Waals surface area (Å²) in [5, 5.41) is 8.29. The number of carbonyl (C=O) groups excluding carboxylic acids is 2. The minimum Gasteiger partial charge on any atom is -0.338 e. The van der Waals surface area contributed by atoms with Gasteiger partial charge >= 0.3 is 0 Å². The van der Waals surface area contributed by atoms with Crippen LogP contribution < -0.4 is 16.0 Å². The highest BCUT2D eigenvalue weighted by atomic mass is 35.5. The lowest BCUT2D eigenvalue weighted by molar-refractivity contribution is 0.102. The monoisotopic (exact) mass is 553 g/mol. The number of nitrogens with zero attached hydrogens (tertiary/aromatic N) is 2. The zero-order valence-electron chi connectivity index (χ0n) is 19.9. The molecule has 4 rings (SSSR count). The van der Waals surface area contributed by atoms with Gasteiger partial charge in [-0.05, 0) is 48.5 Å². The number of carbonyl (C=O) groups is 2. The van der Waals surface area contributed by atoms with Crippen molar-refractivity contribution in [1.29, 1.82) is 0 Å². The number of nitrogens with one attached hydrogen (secondary N) is 3. The van der Waals surface area contributed by atoms with E-state index in [4.69, 9.17) is 11.6 Å². The Balaban J connectivity index is 1.75. The van der Waals surface area contributed by atoms with E-state index in [9.17, 15) is 22.4 Å². The van der Waals surface area contributed by atoms with Gasteiger partial charge in [-0.3, -0.25) is 9.59 Å². The third-order valence-electron chi connectivity index (χ3n) is 5.39. The molecule has 3 aromatic carbocycles. The first-order chi connectivity index (χ1) is 18.2. The van der Waals surface area contributed by atoms with Crippen LogP contribution in [0.5, 0.6) is 0 Å². The molecule has 1 heterocycles. The Morgan fingerprint density at radius 3 is 2.45 bits per heavy atom. The minimum atomic E-state index is -3.62. The Morgan fingerprint density at radius 1 is 1.03 bits per heavy atom. The molecule has 0 radical (unpaired) electrons. The second kappa shape index (κ2) is 11.4. The van der Waals surface area contributed by atoms with Gasteiger partial charge in [-0.25, -0.2) is 17.8 Å². The Hall–Kier alpha value is -4.35. The van der Waals surface area contributed by atoms with Crippen molar-refractivity contribution in [2.75, 3.05) is 21.7 Å². The number of hydrogen-bond donors (Lipinski definition) is 3. The van der Waals surface area contributed by atoms with E-state index in [-0.39, 0.29) is 44.4 Å². The molecule has 0 unspecified atom stereocenters. The van der Waals surface area contributed by atoms with Crippen LogP contribution in [0.3, 0.4) is 0 Å². The summed E-state index contributed by atoms with van der Waals surface area (Å²) in [6, 6.07) is 16.6. The van der Waals surface area contributed by atoms with Crippen LogP contribution in [0, 0.1) is 5.82 Å². The molecule has 0 atom stereocenters. The lowest BCUT2D eigenvalue weighted by Crippen LogP contribution is -2.17. The lowest BCUT2D eigenvalue weighted by atomic mass is 10.2. The first-order valence-electron chi connectivity index (χ1n) is 11.3. The summed E-state index contributed by atoms with van der Waals surface area (Å²) in [4.78, 5) is 32.7. The van der Waals surface area contributed by atoms with Crippen molar-refractivity contribution in [3.05, 3.63) is 94.9 Å². The fraction of sp³-hybridized carbons (Fsp3) is 0.0769. The van der Waals surface area contributed by atoms with Crippen molar-refractivity contribution >= 4 is 62.5 Å². The predicted octanol–water partition coefficient (Wildman–Crippen LogP) is 5.61. The third kappa shape index (κ3) is 5.96. The van der Waals surface area contributed by atoms with Crippen molar-refractivity contribution in [2.24, 2.45) is 0 Å². The molecule has 38 heavy (non-hydrogen) atoms. The fourth-order valence-electron chi connectivity index (χ4n) is 3.40. The van der Waals surface area contributed by atoms with Crippen LogP contribution in [-0.2, 0) is 9.84 Å². The standard InChI is InChI=1S/C26H21ClFN5O4S/c1-2-38(36,37)22-9-4-3-8-21(22)31-24-18(25(35)32-23-19(27)6-5-7-20(23)28)14-29-26(33-24)30-17-12-10-16(15-34)11-13-17/h3-15H,2H2,1H3,(H,32,35)(H2,29,30,31,33). The molecule has 0 aliphatic rings. The molecule has 0 bridgehead atoms. The Kier molecular flexibility index (Phi) is 7.99. The zero-order valence-corrected chi connectivity index (χ0v) is 21.5. The molecule has 1 aromatic heterocycles. The summed E-state index contributed by atoms with van der Waals surface area (Å²) in [5.41, 5.74) is 0.899. The molecular weight excluding hydrogens is 533 g/mol. The molecule has 0 saturated carbocycles. The van der Waals surface area contributed by atoms with Crippen molar-refractivity contribution in [3.63, 3.8) is 0 Å². The van der Waals surface area contributed by atoms with Crippen LogP contribution in [-0.4, -0.2) is 36.3 Å². The molecule has 0 spiro atoms. The van der Waals surface area contributed by atoms with Gasteiger partial charge in [-0.15, -0.1) is 0 Å². The molecule has 0 aliphatic carbocycles. The van der Waals surface area contributed by atoms with Gasteiger partial charge in [0.2, 0.25) is 5.95 Å². The van der Waals surface area contributed by atoms with Gasteiger partial charge in [-0.1, -0.05) is 36.7 Å². The van der Waals surface area contributed by atoms with Crippen LogP contribution in [0.1, 0.15) is 27.6 Å². The number of anilines is 5. The quantitative estimate of drug-likeness (QED) is 0.228. The highest BCUT2D eigenvalue weighted by molar-refractivity contribution is 7.91. The molecule has 12 heteroatoms. The first kappa shape index (κ1) is 26.7. The Morgan fingerprint density at radius 2 is 1.76 bits per heavy atom. The summed E-state index contributed by atoms with van der Waals surface area (Å²) in [7, 11) is -3.62. The number of rotatable bonds is 9. The van der Waals surface area contributed by atoms with E-state index >= 15 is 0 Å². The van der Waals surface area contributed by atoms with Gasteiger partial charge in [-0.2, -0.15) is 4.98 Å². The summed E-state index contributed by atoms with van der Waals surface area (Å²) in [6.07, 6.45) is 1.91. The molecule has 0 saturated heterocycles. The van der Waals surface area contributed by atoms with Crippen molar-refractivity contribution < 1.29 is 22.4 Å². The smallest absolute Gasteiger partial charge is 0.261 e. The number of amides is 1. The van der Waals surface area contributed by atoms with Gasteiger partial charge in [0.1, 0.15) is 23.5 Å². The van der Waals surface area contributed by atoms with Gasteiger partial charge < -0.3 is 16.0 Å². The van der Waals surface area contributed by atoms with Crippen LogP contribution in [0.2, 0.25) is 5.02 Å². The Bertz CT molecular complexity index is 1590. The molecule has 0 fully saturated rings. The van der Waals surface area contributed by atoms with E-state index in [1.807, 2.05) is 0 Å². The first-order valence-corrected chi connectivity index (χ1v) is 13.3. The number of aldehydes is 1. The normalized spacial score (nSPS) is 11.0. The SMILES string of the molecule is CCS(=O)(=O)c1ccccc1Nc1nc(Nc2ccc(C=O)cc2)ncc1C(=O)Nc1c(F)cccc1Cl. The van der Waals surface area contributed by atoms with Gasteiger partial charge in [0.15, 0.2) is 9.84 Å². The maximum Gasteiger partial charge on any atom is 0.261 e. The molecule has 194 valence electrons. The number of halogens is 2. The van der Waals surface area contributed by atoms with Gasteiger partial charge in [0.25, 0.3) is 5.91 Å². The van der Waals surface area contributed by atoms with Crippen LogP contribution >= 0.6 is 11.6 Å². The third-order valence-corrected chi connectivity index (χ3v) is 7.49. The molecule has 9 nitrogen and oxygen atoms in total. The summed E-state index contributed by atoms with van der Waals surface area (Å²) >= 11 is 6.05. The van der Waals surface area contributed by atoms with E-state index in [1.165, 1.54) is 37.4 Å². The van der Waals surface area contributed by atoms with E-state index < -0.39 is 21.6 Å². The summed E-state index contributed by atoms with van der Waals surface area (Å²) < 4.78 is 39.6. The van der Waals surface area contributed by atoms with Crippen molar-refractivity contribution in [1.82, 2.24) is 9.97 Å². The van der Waals surface area contributed by atoms with E-state index in [0.717, 1.165) is 6.07 Å². The van der Waals surface area contributed by atoms with E-state index in [2.05, 4.69) is 25.9 Å². The number of aromatic nitrogens is 2. The predicted molar refractivity (Wildman–Crippen MR) is 144 cm³/mol. The molecule has 3 N–H and O–H groups in total. The van der Waals surface area contributed by atoms with Crippen LogP contribution in [0.25, 0.3) is 0 Å². The molecular formula is C26H21ClFN5O4S. The van der Waals surface area contributed by atoms with Crippen LogP contribution in [0.4, 0.5) is 33.2 Å². The molecule has 1 amide bonds. The summed E-state index contributed by atoms with van der Waals surface area (Å²) in [5.74, 6) is -1.63. The molecule has 4 aromatic rings. The fourth-order valence-corrected chi connectivity index (χ4v) is 4.66. The number of benzene rings is 3. The second-order valence-corrected chi connectivity index (χ2v) is 10.5. The summed E-state index contributed by atoms with van der Waals surface area (Å²) in [6.45, 7) is 1.52. The zero-order chi connectivity index (χ0) is 27.3. The van der Waals surface area contributed by atoms with Crippen molar-refractivity contribution in [3.8, 4) is 0 Å². The Labute approximate surface area is 223 Å². The topological polar surface area (TPSA) is 130 Å². The highest BCUT2D eigenvalue weighted by Gasteiger charge is 2.21. The average molecular weight is 554 g/mol. The molecule has 0 aliphatic heterocycles. The van der Waals surface area contributed by atoms with Crippen LogP contribution in [0.15, 0.2) is 77.8 Å². The largest absolute Gasteiger partial charge is 0.338 e. The average Bonchev–Trinajstić information content (AvgIpc) is 2.91. The maximum absolute atomic E-state index is 14.3. The van der Waals surface area contributed by atoms with E-state index in [1.54, 1.807) is 36.4 Å². The second-order valence-electron chi connectivity index (χ2n) is 7.90. The number of para-hydroxylation sites is 2.